The molecule has 1 N–H and O–H groups in total. The molecule has 3 nitrogen and oxygen atoms in total. The molecule has 0 unspecified atom stereocenters. The minimum atomic E-state index is -0.145. The number of hydrogen-bond acceptors (Lipinski definition) is 4. The van der Waals surface area contributed by atoms with Crippen molar-refractivity contribution in [2.45, 2.75) is 19.8 Å². The zero-order valence-corrected chi connectivity index (χ0v) is 9.28. The Labute approximate surface area is 84.6 Å². The number of hydrogen-bond donors (Lipinski definition) is 1. The Morgan fingerprint density at radius 2 is 2.15 bits per heavy atom. The van der Waals surface area contributed by atoms with E-state index in [0.717, 1.165) is 18.8 Å². The summed E-state index contributed by atoms with van der Waals surface area (Å²) in [5, 5.41) is 3.19. The highest BCUT2D eigenvalue weighted by atomic mass is 32.2. The van der Waals surface area contributed by atoms with E-state index in [1.54, 1.807) is 0 Å². The molecule has 0 radical (unpaired) electrons. The summed E-state index contributed by atoms with van der Waals surface area (Å²) in [5.41, 5.74) is 0. The van der Waals surface area contributed by atoms with Crippen LogP contribution in [0.15, 0.2) is 0 Å². The third-order valence-electron chi connectivity index (χ3n) is 1.51. The minimum Gasteiger partial charge on any atom is -0.469 e. The molecule has 0 aromatic carbocycles. The standard InChI is InChI=1S/C9H19NO2S/c1-3-7-13-8-6-10-5-4-9(11)12-2/h10H,3-8H2,1-2H3. The van der Waals surface area contributed by atoms with Crippen molar-refractivity contribution in [2.75, 3.05) is 31.7 Å². The molecule has 0 rings (SSSR count). The summed E-state index contributed by atoms with van der Waals surface area (Å²) in [6, 6.07) is 0. The van der Waals surface area contributed by atoms with Crippen LogP contribution in [0.25, 0.3) is 0 Å². The van der Waals surface area contributed by atoms with Gasteiger partial charge in [0.15, 0.2) is 0 Å². The zero-order chi connectivity index (χ0) is 9.94. The van der Waals surface area contributed by atoms with Gasteiger partial charge in [0.2, 0.25) is 0 Å². The van der Waals surface area contributed by atoms with Crippen LogP contribution < -0.4 is 5.32 Å². The molecule has 4 heteroatoms. The average Bonchev–Trinajstić information content (AvgIpc) is 2.16. The largest absolute Gasteiger partial charge is 0.469 e. The van der Waals surface area contributed by atoms with E-state index in [0.29, 0.717) is 6.42 Å². The van der Waals surface area contributed by atoms with E-state index in [1.807, 2.05) is 11.8 Å². The van der Waals surface area contributed by atoms with E-state index in [-0.39, 0.29) is 5.97 Å². The summed E-state index contributed by atoms with van der Waals surface area (Å²) in [6.45, 7) is 3.87. The first-order chi connectivity index (χ1) is 6.31. The molecule has 13 heavy (non-hydrogen) atoms. The van der Waals surface area contributed by atoms with Crippen LogP contribution >= 0.6 is 11.8 Å². The van der Waals surface area contributed by atoms with Gasteiger partial charge >= 0.3 is 5.97 Å². The van der Waals surface area contributed by atoms with Crippen LogP contribution in [0.5, 0.6) is 0 Å². The van der Waals surface area contributed by atoms with Crippen LogP contribution in [0.4, 0.5) is 0 Å². The van der Waals surface area contributed by atoms with Gasteiger partial charge in [-0.15, -0.1) is 0 Å². The van der Waals surface area contributed by atoms with Crippen molar-refractivity contribution >= 4 is 17.7 Å². The van der Waals surface area contributed by atoms with Crippen LogP contribution in [-0.2, 0) is 9.53 Å². The van der Waals surface area contributed by atoms with Crippen LogP contribution in [0, 0.1) is 0 Å². The summed E-state index contributed by atoms with van der Waals surface area (Å²) in [4.78, 5) is 10.7. The maximum absolute atomic E-state index is 10.7. The van der Waals surface area contributed by atoms with Gasteiger partial charge in [-0.3, -0.25) is 4.79 Å². The van der Waals surface area contributed by atoms with Gasteiger partial charge in [0, 0.05) is 18.8 Å². The van der Waals surface area contributed by atoms with E-state index in [9.17, 15) is 4.79 Å². The Morgan fingerprint density at radius 3 is 2.77 bits per heavy atom. The second-order valence-corrected chi connectivity index (χ2v) is 3.91. The molecule has 0 aliphatic rings. The Balaban J connectivity index is 2.95. The Kier molecular flexibility index (Phi) is 9.70. The minimum absolute atomic E-state index is 0.145. The smallest absolute Gasteiger partial charge is 0.306 e. The van der Waals surface area contributed by atoms with Crippen molar-refractivity contribution < 1.29 is 9.53 Å². The van der Waals surface area contributed by atoms with E-state index in [2.05, 4.69) is 17.0 Å². The quantitative estimate of drug-likeness (QED) is 0.478. The van der Waals surface area contributed by atoms with E-state index >= 15 is 0 Å². The van der Waals surface area contributed by atoms with Gasteiger partial charge in [-0.1, -0.05) is 6.92 Å². The highest BCUT2D eigenvalue weighted by molar-refractivity contribution is 7.99. The first kappa shape index (κ1) is 12.8. The second kappa shape index (κ2) is 9.86. The molecule has 0 amide bonds. The molecule has 0 aliphatic carbocycles. The molecule has 0 bridgehead atoms. The van der Waals surface area contributed by atoms with E-state index in [1.165, 1.54) is 19.3 Å². The average molecular weight is 205 g/mol. The summed E-state index contributed by atoms with van der Waals surface area (Å²) in [6.07, 6.45) is 1.70. The van der Waals surface area contributed by atoms with Gasteiger partial charge in [-0.05, 0) is 12.2 Å². The molecule has 0 aliphatic heterocycles. The number of carbonyl (C=O) groups is 1. The fourth-order valence-electron chi connectivity index (χ4n) is 0.808. The van der Waals surface area contributed by atoms with E-state index < -0.39 is 0 Å². The normalized spacial score (nSPS) is 10.0. The van der Waals surface area contributed by atoms with Gasteiger partial charge in [0.25, 0.3) is 0 Å². The Morgan fingerprint density at radius 1 is 1.38 bits per heavy atom. The highest BCUT2D eigenvalue weighted by Crippen LogP contribution is 1.99. The molecule has 0 fully saturated rings. The SMILES string of the molecule is CCCSCCNCCC(=O)OC. The maximum Gasteiger partial charge on any atom is 0.306 e. The van der Waals surface area contributed by atoms with Crippen molar-refractivity contribution in [3.63, 3.8) is 0 Å². The first-order valence-corrected chi connectivity index (χ1v) is 5.82. The second-order valence-electron chi connectivity index (χ2n) is 2.69. The maximum atomic E-state index is 10.7. The molecular formula is C9H19NO2S. The van der Waals surface area contributed by atoms with Crippen molar-refractivity contribution in [2.24, 2.45) is 0 Å². The highest BCUT2D eigenvalue weighted by Gasteiger charge is 1.97. The summed E-state index contributed by atoms with van der Waals surface area (Å²) >= 11 is 1.94. The predicted molar refractivity (Wildman–Crippen MR) is 57.1 cm³/mol. The lowest BCUT2D eigenvalue weighted by Crippen LogP contribution is -2.21. The predicted octanol–water partition coefficient (Wildman–Crippen LogP) is 1.28. The first-order valence-electron chi connectivity index (χ1n) is 4.66. The van der Waals surface area contributed by atoms with Gasteiger partial charge < -0.3 is 10.1 Å². The lowest BCUT2D eigenvalue weighted by Gasteiger charge is -2.02. The molecule has 0 spiro atoms. The number of thioether (sulfide) groups is 1. The molecule has 0 aromatic heterocycles. The molecule has 0 aromatic rings. The lowest BCUT2D eigenvalue weighted by molar-refractivity contribution is -0.140. The Hall–Kier alpha value is -0.220. The number of nitrogens with one attached hydrogen (secondary N) is 1. The number of methoxy groups -OCH3 is 1. The molecule has 78 valence electrons. The van der Waals surface area contributed by atoms with Crippen LogP contribution in [-0.4, -0.2) is 37.7 Å². The number of ether oxygens (including phenoxy) is 1. The van der Waals surface area contributed by atoms with Gasteiger partial charge in [-0.25, -0.2) is 0 Å². The molecule has 0 atom stereocenters. The van der Waals surface area contributed by atoms with Gasteiger partial charge in [0.05, 0.1) is 13.5 Å². The molecule has 0 saturated carbocycles. The number of carbonyl (C=O) groups excluding carboxylic acids is 1. The van der Waals surface area contributed by atoms with E-state index in [4.69, 9.17) is 0 Å². The topological polar surface area (TPSA) is 38.3 Å². The molecule has 0 heterocycles. The van der Waals surface area contributed by atoms with Crippen molar-refractivity contribution in [1.82, 2.24) is 5.32 Å². The fourth-order valence-corrected chi connectivity index (χ4v) is 1.59. The Bertz CT molecular complexity index is 131. The van der Waals surface area contributed by atoms with Crippen molar-refractivity contribution in [1.29, 1.82) is 0 Å². The number of rotatable bonds is 8. The summed E-state index contributed by atoms with van der Waals surface area (Å²) in [5.74, 6) is 2.20. The summed E-state index contributed by atoms with van der Waals surface area (Å²) < 4.78 is 4.51. The monoisotopic (exact) mass is 205 g/mol. The van der Waals surface area contributed by atoms with Crippen molar-refractivity contribution in [3.05, 3.63) is 0 Å². The molecular weight excluding hydrogens is 186 g/mol. The van der Waals surface area contributed by atoms with Crippen molar-refractivity contribution in [3.8, 4) is 0 Å². The lowest BCUT2D eigenvalue weighted by atomic mass is 10.4. The van der Waals surface area contributed by atoms with Gasteiger partial charge in [-0.2, -0.15) is 11.8 Å². The summed E-state index contributed by atoms with van der Waals surface area (Å²) in [7, 11) is 1.42. The third-order valence-corrected chi connectivity index (χ3v) is 2.69. The van der Waals surface area contributed by atoms with Crippen LogP contribution in [0.3, 0.4) is 0 Å². The third kappa shape index (κ3) is 9.70. The fraction of sp³-hybridized carbons (Fsp3) is 0.889. The zero-order valence-electron chi connectivity index (χ0n) is 8.47. The van der Waals surface area contributed by atoms with Gasteiger partial charge in [0.1, 0.15) is 0 Å². The molecule has 0 saturated heterocycles. The number of esters is 1. The van der Waals surface area contributed by atoms with Crippen LogP contribution in [0.2, 0.25) is 0 Å². The van der Waals surface area contributed by atoms with Crippen LogP contribution in [0.1, 0.15) is 19.8 Å².